The van der Waals surface area contributed by atoms with Gasteiger partial charge in [0.1, 0.15) is 11.3 Å². The van der Waals surface area contributed by atoms with Crippen molar-refractivity contribution in [3.8, 4) is 11.3 Å². The normalized spacial score (nSPS) is 15.2. The molecular weight excluding hydrogens is 268 g/mol. The Labute approximate surface area is 129 Å². The van der Waals surface area contributed by atoms with Crippen molar-refractivity contribution in [2.24, 2.45) is 0 Å². The third-order valence-electron chi connectivity index (χ3n) is 5.05. The maximum atomic E-state index is 6.39. The van der Waals surface area contributed by atoms with Crippen molar-refractivity contribution in [1.82, 2.24) is 0 Å². The van der Waals surface area contributed by atoms with Gasteiger partial charge in [-0.05, 0) is 10.9 Å². The van der Waals surface area contributed by atoms with Gasteiger partial charge >= 0.3 is 0 Å². The molecule has 0 radical (unpaired) electrons. The number of benzene rings is 3. The van der Waals surface area contributed by atoms with Gasteiger partial charge in [-0.1, -0.05) is 74.5 Å². The minimum absolute atomic E-state index is 0.0143. The van der Waals surface area contributed by atoms with E-state index < -0.39 is 0 Å². The molecule has 0 saturated heterocycles. The molecule has 0 spiro atoms. The van der Waals surface area contributed by atoms with Crippen molar-refractivity contribution >= 4 is 21.7 Å². The van der Waals surface area contributed by atoms with E-state index >= 15 is 0 Å². The summed E-state index contributed by atoms with van der Waals surface area (Å²) in [5.41, 5.74) is 4.93. The predicted molar refractivity (Wildman–Crippen MR) is 91.3 cm³/mol. The average Bonchev–Trinajstić information content (AvgIpc) is 3.04. The Kier molecular flexibility index (Phi) is 2.08. The van der Waals surface area contributed by atoms with Crippen LogP contribution < -0.4 is 0 Å². The third kappa shape index (κ3) is 1.29. The van der Waals surface area contributed by atoms with Crippen LogP contribution in [0.15, 0.2) is 65.1 Å². The molecule has 0 unspecified atom stereocenters. The van der Waals surface area contributed by atoms with Gasteiger partial charge in [0.15, 0.2) is 0 Å². The second kappa shape index (κ2) is 3.80. The second-order valence-corrected chi connectivity index (χ2v) is 6.64. The van der Waals surface area contributed by atoms with Gasteiger partial charge in [-0.25, -0.2) is 0 Å². The van der Waals surface area contributed by atoms with Crippen LogP contribution >= 0.6 is 0 Å². The Bertz CT molecular complexity index is 1050. The fourth-order valence-electron chi connectivity index (χ4n) is 4.00. The fraction of sp³-hybridized carbons (Fsp3) is 0.143. The molecule has 1 nitrogen and oxygen atoms in total. The highest BCUT2D eigenvalue weighted by Crippen LogP contribution is 2.53. The van der Waals surface area contributed by atoms with E-state index in [1.165, 1.54) is 32.8 Å². The van der Waals surface area contributed by atoms with Crippen molar-refractivity contribution in [3.05, 3.63) is 71.8 Å². The van der Waals surface area contributed by atoms with Gasteiger partial charge in [-0.15, -0.1) is 0 Å². The Morgan fingerprint density at radius 3 is 2.45 bits per heavy atom. The first kappa shape index (κ1) is 12.0. The molecule has 0 aliphatic heterocycles. The molecule has 4 aromatic rings. The van der Waals surface area contributed by atoms with Crippen molar-refractivity contribution in [2.45, 2.75) is 19.3 Å². The molecular formula is C21H16O. The van der Waals surface area contributed by atoms with Gasteiger partial charge in [0.25, 0.3) is 0 Å². The van der Waals surface area contributed by atoms with Crippen LogP contribution in [0.1, 0.15) is 25.0 Å². The maximum Gasteiger partial charge on any atom is 0.142 e. The van der Waals surface area contributed by atoms with E-state index in [-0.39, 0.29) is 5.41 Å². The van der Waals surface area contributed by atoms with Gasteiger partial charge in [0.05, 0.1) is 0 Å². The maximum absolute atomic E-state index is 6.39. The molecule has 1 heterocycles. The van der Waals surface area contributed by atoms with Crippen LogP contribution in [0.4, 0.5) is 0 Å². The first-order chi connectivity index (χ1) is 10.7. The summed E-state index contributed by atoms with van der Waals surface area (Å²) in [7, 11) is 0. The van der Waals surface area contributed by atoms with Crippen LogP contribution in [-0.4, -0.2) is 0 Å². The van der Waals surface area contributed by atoms with Gasteiger partial charge in [0.2, 0.25) is 0 Å². The van der Waals surface area contributed by atoms with E-state index in [1.807, 2.05) is 0 Å². The topological polar surface area (TPSA) is 13.1 Å². The van der Waals surface area contributed by atoms with Gasteiger partial charge in [-0.2, -0.15) is 0 Å². The van der Waals surface area contributed by atoms with Crippen molar-refractivity contribution in [3.63, 3.8) is 0 Å². The fourth-order valence-corrected chi connectivity index (χ4v) is 4.00. The van der Waals surface area contributed by atoms with Crippen molar-refractivity contribution in [1.29, 1.82) is 0 Å². The molecule has 0 atom stereocenters. The van der Waals surface area contributed by atoms with Gasteiger partial charge in [-0.3, -0.25) is 0 Å². The molecule has 22 heavy (non-hydrogen) atoms. The lowest BCUT2D eigenvalue weighted by Crippen LogP contribution is -2.14. The van der Waals surface area contributed by atoms with Crippen LogP contribution in [0.2, 0.25) is 0 Å². The highest BCUT2D eigenvalue weighted by molar-refractivity contribution is 6.08. The van der Waals surface area contributed by atoms with Crippen LogP contribution in [0.5, 0.6) is 0 Å². The van der Waals surface area contributed by atoms with Crippen LogP contribution in [0, 0.1) is 0 Å². The van der Waals surface area contributed by atoms with Gasteiger partial charge in [0, 0.05) is 27.3 Å². The van der Waals surface area contributed by atoms with E-state index in [9.17, 15) is 0 Å². The summed E-state index contributed by atoms with van der Waals surface area (Å²) in [6.07, 6.45) is 0. The molecule has 1 aliphatic carbocycles. The summed E-state index contributed by atoms with van der Waals surface area (Å²) in [5, 5.41) is 3.67. The summed E-state index contributed by atoms with van der Waals surface area (Å²) < 4.78 is 6.39. The Balaban J connectivity index is 1.99. The molecule has 0 amide bonds. The number of fused-ring (bicyclic) bond motifs is 7. The first-order valence-corrected chi connectivity index (χ1v) is 7.72. The van der Waals surface area contributed by atoms with E-state index in [2.05, 4.69) is 74.5 Å². The molecule has 1 aliphatic rings. The molecule has 5 rings (SSSR count). The van der Waals surface area contributed by atoms with Gasteiger partial charge < -0.3 is 4.42 Å². The zero-order valence-corrected chi connectivity index (χ0v) is 12.7. The van der Waals surface area contributed by atoms with E-state index in [0.29, 0.717) is 0 Å². The average molecular weight is 284 g/mol. The summed E-state index contributed by atoms with van der Waals surface area (Å²) in [4.78, 5) is 0. The molecule has 0 saturated carbocycles. The number of furan rings is 1. The molecule has 106 valence electrons. The minimum atomic E-state index is -0.0143. The molecule has 1 aromatic heterocycles. The molecule has 0 N–H and O–H groups in total. The minimum Gasteiger partial charge on any atom is -0.455 e. The van der Waals surface area contributed by atoms with Crippen LogP contribution in [-0.2, 0) is 5.41 Å². The Morgan fingerprint density at radius 2 is 1.55 bits per heavy atom. The Hall–Kier alpha value is -2.54. The zero-order chi connectivity index (χ0) is 14.9. The summed E-state index contributed by atoms with van der Waals surface area (Å²) in [6, 6.07) is 21.5. The van der Waals surface area contributed by atoms with Crippen molar-refractivity contribution < 1.29 is 4.42 Å². The number of hydrogen-bond acceptors (Lipinski definition) is 1. The van der Waals surface area contributed by atoms with Crippen molar-refractivity contribution in [2.75, 3.05) is 0 Å². The molecule has 0 bridgehead atoms. The smallest absolute Gasteiger partial charge is 0.142 e. The lowest BCUT2D eigenvalue weighted by molar-refractivity contribution is 0.621. The zero-order valence-electron chi connectivity index (χ0n) is 12.7. The van der Waals surface area contributed by atoms with E-state index in [0.717, 1.165) is 11.3 Å². The summed E-state index contributed by atoms with van der Waals surface area (Å²) in [5.74, 6) is 1.05. The second-order valence-electron chi connectivity index (χ2n) is 6.64. The van der Waals surface area contributed by atoms with Crippen LogP contribution in [0.3, 0.4) is 0 Å². The van der Waals surface area contributed by atoms with E-state index in [4.69, 9.17) is 4.42 Å². The van der Waals surface area contributed by atoms with E-state index in [1.54, 1.807) is 0 Å². The summed E-state index contributed by atoms with van der Waals surface area (Å²) in [6.45, 7) is 4.59. The lowest BCUT2D eigenvalue weighted by atomic mass is 9.81. The monoisotopic (exact) mass is 284 g/mol. The largest absolute Gasteiger partial charge is 0.455 e. The van der Waals surface area contributed by atoms with Crippen LogP contribution in [0.25, 0.3) is 33.1 Å². The SMILES string of the molecule is CC1(C)c2ccccc2-c2oc3c(ccc4ccccc43)c21. The Morgan fingerprint density at radius 1 is 0.773 bits per heavy atom. The standard InChI is InChI=1S/C21H16O/c1-21(2)17-10-6-5-9-15(17)20-18(21)16-12-11-13-7-3-4-8-14(13)19(16)22-20/h3-12H,1-2H3. The highest BCUT2D eigenvalue weighted by atomic mass is 16.3. The lowest BCUT2D eigenvalue weighted by Gasteiger charge is -2.20. The molecule has 1 heteroatoms. The highest BCUT2D eigenvalue weighted by Gasteiger charge is 2.40. The quantitative estimate of drug-likeness (QED) is 0.392. The predicted octanol–water partition coefficient (Wildman–Crippen LogP) is 5.89. The number of hydrogen-bond donors (Lipinski definition) is 0. The number of rotatable bonds is 0. The summed E-state index contributed by atoms with van der Waals surface area (Å²) >= 11 is 0. The third-order valence-corrected chi connectivity index (χ3v) is 5.05. The molecule has 3 aromatic carbocycles. The molecule has 0 fully saturated rings. The first-order valence-electron chi connectivity index (χ1n) is 7.72.